The van der Waals surface area contributed by atoms with Gasteiger partial charge in [-0.1, -0.05) is 0 Å². The number of hydrogen-bond donors (Lipinski definition) is 2. The van der Waals surface area contributed by atoms with Gasteiger partial charge >= 0.3 is 5.97 Å². The minimum Gasteiger partial charge on any atom is -0.493 e. The molecule has 0 saturated heterocycles. The van der Waals surface area contributed by atoms with E-state index >= 15 is 0 Å². The second-order valence-electron chi connectivity index (χ2n) is 6.20. The lowest BCUT2D eigenvalue weighted by Crippen LogP contribution is -2.08. The van der Waals surface area contributed by atoms with Gasteiger partial charge in [-0.15, -0.1) is 11.3 Å². The number of nitrogens with two attached hydrogens (primary N) is 1. The SMILES string of the molecule is CCOc1csc(-c2ccc(-n3ccnc3CCC(=O)O)cc2OCCCN)n1. The quantitative estimate of drug-likeness (QED) is 0.462. The van der Waals surface area contributed by atoms with Crippen LogP contribution in [0.2, 0.25) is 0 Å². The number of aromatic nitrogens is 3. The standard InChI is InChI=1S/C20H24N4O4S/c1-2-27-18-13-29-20(23-18)15-5-4-14(12-16(15)28-11-3-8-21)24-10-9-22-17(24)6-7-19(25)26/h4-5,9-10,12-13H,2-3,6-8,11,21H2,1H3,(H,25,26). The molecule has 29 heavy (non-hydrogen) atoms. The number of thiazole rings is 1. The number of hydrogen-bond acceptors (Lipinski definition) is 7. The number of carboxylic acid groups (broad SMARTS) is 1. The largest absolute Gasteiger partial charge is 0.493 e. The van der Waals surface area contributed by atoms with Crippen molar-refractivity contribution >= 4 is 17.3 Å². The maximum atomic E-state index is 10.9. The molecule has 0 saturated carbocycles. The number of rotatable bonds is 11. The molecule has 0 bridgehead atoms. The average Bonchev–Trinajstić information content (AvgIpc) is 3.36. The number of imidazole rings is 1. The van der Waals surface area contributed by atoms with E-state index in [1.54, 1.807) is 6.20 Å². The van der Waals surface area contributed by atoms with Crippen LogP contribution in [0, 0.1) is 0 Å². The van der Waals surface area contributed by atoms with Crippen LogP contribution in [0.5, 0.6) is 11.6 Å². The molecule has 9 heteroatoms. The monoisotopic (exact) mass is 416 g/mol. The van der Waals surface area contributed by atoms with E-state index in [0.717, 1.165) is 22.7 Å². The van der Waals surface area contributed by atoms with E-state index in [9.17, 15) is 4.79 Å². The normalized spacial score (nSPS) is 10.8. The van der Waals surface area contributed by atoms with E-state index in [1.807, 2.05) is 41.3 Å². The van der Waals surface area contributed by atoms with E-state index in [-0.39, 0.29) is 6.42 Å². The van der Waals surface area contributed by atoms with Crippen LogP contribution in [0.25, 0.3) is 16.3 Å². The molecular formula is C20H24N4O4S. The van der Waals surface area contributed by atoms with Crippen molar-refractivity contribution < 1.29 is 19.4 Å². The first-order valence-electron chi connectivity index (χ1n) is 9.42. The molecule has 2 aromatic heterocycles. The minimum absolute atomic E-state index is 0.0221. The molecule has 8 nitrogen and oxygen atoms in total. The lowest BCUT2D eigenvalue weighted by atomic mass is 10.1. The van der Waals surface area contributed by atoms with Crippen LogP contribution in [0.3, 0.4) is 0 Å². The van der Waals surface area contributed by atoms with Gasteiger partial charge in [0.25, 0.3) is 0 Å². The number of carbonyl (C=O) groups is 1. The molecule has 0 aliphatic rings. The highest BCUT2D eigenvalue weighted by atomic mass is 32.1. The number of aliphatic carboxylic acids is 1. The molecule has 0 spiro atoms. The third-order valence-corrected chi connectivity index (χ3v) is 4.99. The summed E-state index contributed by atoms with van der Waals surface area (Å²) in [4.78, 5) is 19.7. The molecule has 3 N–H and O–H groups in total. The Morgan fingerprint density at radius 2 is 2.21 bits per heavy atom. The van der Waals surface area contributed by atoms with Crippen LogP contribution in [-0.4, -0.2) is 45.4 Å². The minimum atomic E-state index is -0.852. The summed E-state index contributed by atoms with van der Waals surface area (Å²) in [5.74, 6) is 1.11. The summed E-state index contributed by atoms with van der Waals surface area (Å²) in [6, 6.07) is 5.81. The molecule has 2 heterocycles. The van der Waals surface area contributed by atoms with Crippen LogP contribution in [0.4, 0.5) is 0 Å². The number of nitrogens with zero attached hydrogens (tertiary/aromatic N) is 3. The van der Waals surface area contributed by atoms with Crippen molar-refractivity contribution in [3.63, 3.8) is 0 Å². The Morgan fingerprint density at radius 1 is 1.34 bits per heavy atom. The van der Waals surface area contributed by atoms with Crippen LogP contribution >= 0.6 is 11.3 Å². The predicted octanol–water partition coefficient (Wildman–Crippen LogP) is 3.14. The van der Waals surface area contributed by atoms with E-state index in [2.05, 4.69) is 9.97 Å². The van der Waals surface area contributed by atoms with Crippen molar-refractivity contribution in [3.05, 3.63) is 41.8 Å². The van der Waals surface area contributed by atoms with E-state index in [0.29, 0.717) is 43.6 Å². The molecular weight excluding hydrogens is 392 g/mol. The van der Waals surface area contributed by atoms with Crippen molar-refractivity contribution in [2.75, 3.05) is 19.8 Å². The number of aryl methyl sites for hydroxylation is 1. The van der Waals surface area contributed by atoms with Crippen molar-refractivity contribution in [1.82, 2.24) is 14.5 Å². The first-order valence-corrected chi connectivity index (χ1v) is 10.3. The van der Waals surface area contributed by atoms with Gasteiger partial charge in [0, 0.05) is 24.9 Å². The summed E-state index contributed by atoms with van der Waals surface area (Å²) in [7, 11) is 0. The molecule has 0 fully saturated rings. The summed E-state index contributed by atoms with van der Waals surface area (Å²) < 4.78 is 13.3. The Labute approximate surface area is 172 Å². The van der Waals surface area contributed by atoms with Crippen LogP contribution < -0.4 is 15.2 Å². The van der Waals surface area contributed by atoms with Gasteiger partial charge in [-0.05, 0) is 32.0 Å². The molecule has 0 aliphatic heterocycles. The molecule has 0 aliphatic carbocycles. The van der Waals surface area contributed by atoms with Gasteiger partial charge in [-0.2, -0.15) is 0 Å². The van der Waals surface area contributed by atoms with Crippen LogP contribution in [0.1, 0.15) is 25.6 Å². The zero-order valence-corrected chi connectivity index (χ0v) is 17.0. The highest BCUT2D eigenvalue weighted by Gasteiger charge is 2.15. The van der Waals surface area contributed by atoms with Crippen molar-refractivity contribution in [2.24, 2.45) is 5.73 Å². The summed E-state index contributed by atoms with van der Waals surface area (Å²) in [6.07, 6.45) is 4.58. The molecule has 3 aromatic rings. The average molecular weight is 417 g/mol. The van der Waals surface area contributed by atoms with Crippen molar-refractivity contribution in [3.8, 4) is 27.9 Å². The van der Waals surface area contributed by atoms with Gasteiger partial charge in [-0.25, -0.2) is 9.97 Å². The molecule has 1 aromatic carbocycles. The van der Waals surface area contributed by atoms with Crippen molar-refractivity contribution in [2.45, 2.75) is 26.2 Å². The first kappa shape index (κ1) is 20.8. The summed E-state index contributed by atoms with van der Waals surface area (Å²) in [6.45, 7) is 3.51. The summed E-state index contributed by atoms with van der Waals surface area (Å²) in [5.41, 5.74) is 7.31. The Hall–Kier alpha value is -2.91. The highest BCUT2D eigenvalue weighted by molar-refractivity contribution is 7.13. The number of carboxylic acids is 1. The van der Waals surface area contributed by atoms with Gasteiger partial charge in [0.2, 0.25) is 5.88 Å². The van der Waals surface area contributed by atoms with Crippen molar-refractivity contribution in [1.29, 1.82) is 0 Å². The number of ether oxygens (including phenoxy) is 2. The summed E-state index contributed by atoms with van der Waals surface area (Å²) >= 11 is 1.49. The van der Waals surface area contributed by atoms with Gasteiger partial charge < -0.3 is 24.9 Å². The molecule has 0 amide bonds. The second-order valence-corrected chi connectivity index (χ2v) is 7.06. The lowest BCUT2D eigenvalue weighted by molar-refractivity contribution is -0.137. The smallest absolute Gasteiger partial charge is 0.303 e. The van der Waals surface area contributed by atoms with Crippen LogP contribution in [-0.2, 0) is 11.2 Å². The van der Waals surface area contributed by atoms with Gasteiger partial charge in [0.15, 0.2) is 0 Å². The fraction of sp³-hybridized carbons (Fsp3) is 0.350. The highest BCUT2D eigenvalue weighted by Crippen LogP contribution is 2.36. The number of benzene rings is 1. The zero-order chi connectivity index (χ0) is 20.6. The van der Waals surface area contributed by atoms with E-state index in [1.165, 1.54) is 11.3 Å². The van der Waals surface area contributed by atoms with Gasteiger partial charge in [-0.3, -0.25) is 4.79 Å². The maximum Gasteiger partial charge on any atom is 0.303 e. The van der Waals surface area contributed by atoms with Crippen LogP contribution in [0.15, 0.2) is 36.0 Å². The van der Waals surface area contributed by atoms with Gasteiger partial charge in [0.05, 0.1) is 36.3 Å². The molecule has 0 unspecified atom stereocenters. The Morgan fingerprint density at radius 3 is 2.97 bits per heavy atom. The maximum absolute atomic E-state index is 10.9. The topological polar surface area (TPSA) is 112 Å². The lowest BCUT2D eigenvalue weighted by Gasteiger charge is -2.14. The molecule has 0 radical (unpaired) electrons. The zero-order valence-electron chi connectivity index (χ0n) is 16.2. The first-order chi connectivity index (χ1) is 14.1. The second kappa shape index (κ2) is 10.0. The molecule has 154 valence electrons. The molecule has 3 rings (SSSR count). The fourth-order valence-electron chi connectivity index (χ4n) is 2.79. The van der Waals surface area contributed by atoms with E-state index in [4.69, 9.17) is 20.3 Å². The third kappa shape index (κ3) is 5.33. The Balaban J connectivity index is 1.93. The summed E-state index contributed by atoms with van der Waals surface area (Å²) in [5, 5.41) is 11.6. The fourth-order valence-corrected chi connectivity index (χ4v) is 3.56. The Kier molecular flexibility index (Phi) is 7.20. The van der Waals surface area contributed by atoms with E-state index < -0.39 is 5.97 Å². The molecule has 0 atom stereocenters. The predicted molar refractivity (Wildman–Crippen MR) is 111 cm³/mol. The Bertz CT molecular complexity index is 954. The third-order valence-electron chi connectivity index (χ3n) is 4.13. The van der Waals surface area contributed by atoms with Gasteiger partial charge in [0.1, 0.15) is 16.6 Å².